The van der Waals surface area contributed by atoms with E-state index in [1.807, 2.05) is 42.5 Å². The number of methoxy groups -OCH3 is 1. The zero-order chi connectivity index (χ0) is 13.9. The van der Waals surface area contributed by atoms with E-state index in [0.29, 0.717) is 24.5 Å². The van der Waals surface area contributed by atoms with E-state index < -0.39 is 0 Å². The predicted molar refractivity (Wildman–Crippen MR) is 76.4 cm³/mol. The molecule has 2 aromatic carbocycles. The fourth-order valence-corrected chi connectivity index (χ4v) is 2.54. The number of ketones is 1. The van der Waals surface area contributed by atoms with Crippen LogP contribution in [-0.2, 0) is 13.0 Å². The molecule has 1 aliphatic carbocycles. The normalized spacial score (nSPS) is 13.2. The average molecular weight is 268 g/mol. The lowest BCUT2D eigenvalue weighted by atomic mass is 10.1. The van der Waals surface area contributed by atoms with E-state index in [1.54, 1.807) is 7.11 Å². The van der Waals surface area contributed by atoms with Gasteiger partial charge in [0, 0.05) is 17.5 Å². The van der Waals surface area contributed by atoms with Crippen molar-refractivity contribution in [1.82, 2.24) is 0 Å². The molecule has 3 heteroatoms. The molecule has 3 rings (SSSR count). The first-order valence-corrected chi connectivity index (χ1v) is 6.69. The van der Waals surface area contributed by atoms with Crippen molar-refractivity contribution >= 4 is 5.78 Å². The van der Waals surface area contributed by atoms with Crippen LogP contribution in [0.25, 0.3) is 0 Å². The Morgan fingerprint density at radius 3 is 2.60 bits per heavy atom. The van der Waals surface area contributed by atoms with E-state index in [2.05, 4.69) is 0 Å². The molecule has 3 nitrogen and oxygen atoms in total. The topological polar surface area (TPSA) is 35.5 Å². The van der Waals surface area contributed by atoms with E-state index >= 15 is 0 Å². The Labute approximate surface area is 118 Å². The molecule has 0 N–H and O–H groups in total. The summed E-state index contributed by atoms with van der Waals surface area (Å²) in [5.41, 5.74) is 2.84. The third-order valence-corrected chi connectivity index (χ3v) is 3.57. The third kappa shape index (κ3) is 2.27. The van der Waals surface area contributed by atoms with Gasteiger partial charge in [0.2, 0.25) is 0 Å². The summed E-state index contributed by atoms with van der Waals surface area (Å²) in [5, 5.41) is 0. The van der Waals surface area contributed by atoms with Gasteiger partial charge in [-0.3, -0.25) is 4.79 Å². The smallest absolute Gasteiger partial charge is 0.165 e. The predicted octanol–water partition coefficient (Wildman–Crippen LogP) is 3.40. The lowest BCUT2D eigenvalue weighted by Gasteiger charge is -2.14. The molecule has 0 fully saturated rings. The van der Waals surface area contributed by atoms with Gasteiger partial charge in [-0.25, -0.2) is 0 Å². The quantitative estimate of drug-likeness (QED) is 0.852. The fourth-order valence-electron chi connectivity index (χ4n) is 2.54. The van der Waals surface area contributed by atoms with Crippen molar-refractivity contribution in [2.45, 2.75) is 19.4 Å². The molecule has 0 amide bonds. The number of benzene rings is 2. The van der Waals surface area contributed by atoms with Crippen LogP contribution in [0, 0.1) is 0 Å². The molecule has 0 saturated carbocycles. The van der Waals surface area contributed by atoms with E-state index in [1.165, 1.54) is 0 Å². The molecule has 0 saturated heterocycles. The van der Waals surface area contributed by atoms with Gasteiger partial charge in [-0.1, -0.05) is 30.3 Å². The van der Waals surface area contributed by atoms with Gasteiger partial charge in [0.15, 0.2) is 17.3 Å². The third-order valence-electron chi connectivity index (χ3n) is 3.57. The van der Waals surface area contributed by atoms with Crippen LogP contribution < -0.4 is 9.47 Å². The zero-order valence-electron chi connectivity index (χ0n) is 11.4. The first-order chi connectivity index (χ1) is 9.79. The highest BCUT2D eigenvalue weighted by atomic mass is 16.5. The second-order valence-electron chi connectivity index (χ2n) is 4.82. The summed E-state index contributed by atoms with van der Waals surface area (Å²) in [7, 11) is 1.62. The molecular weight excluding hydrogens is 252 g/mol. The first kappa shape index (κ1) is 12.7. The van der Waals surface area contributed by atoms with Gasteiger partial charge in [0.25, 0.3) is 0 Å². The molecule has 1 aliphatic rings. The van der Waals surface area contributed by atoms with Gasteiger partial charge >= 0.3 is 0 Å². The van der Waals surface area contributed by atoms with Crippen LogP contribution in [-0.4, -0.2) is 12.9 Å². The number of carbonyl (C=O) groups excluding carboxylic acids is 1. The minimum absolute atomic E-state index is 0.187. The maximum Gasteiger partial charge on any atom is 0.165 e. The summed E-state index contributed by atoms with van der Waals surface area (Å²) >= 11 is 0. The summed E-state index contributed by atoms with van der Waals surface area (Å²) in [5.74, 6) is 1.58. The van der Waals surface area contributed by atoms with Crippen molar-refractivity contribution in [3.8, 4) is 11.5 Å². The van der Waals surface area contributed by atoms with Crippen molar-refractivity contribution in [1.29, 1.82) is 0 Å². The zero-order valence-corrected chi connectivity index (χ0v) is 11.4. The number of fused-ring (bicyclic) bond motifs is 1. The minimum atomic E-state index is 0.187. The summed E-state index contributed by atoms with van der Waals surface area (Å²) in [6.07, 6.45) is 1.29. The lowest BCUT2D eigenvalue weighted by Crippen LogP contribution is -2.01. The molecule has 0 spiro atoms. The number of carbonyl (C=O) groups is 1. The fraction of sp³-hybridized carbons (Fsp3) is 0.235. The summed E-state index contributed by atoms with van der Waals surface area (Å²) in [6.45, 7) is 0.474. The standard InChI is InChI=1S/C17H16O3/c1-19-16-10-8-13-14(7-9-15(13)18)17(16)20-11-12-5-3-2-4-6-12/h2-6,8,10H,7,9,11H2,1H3. The van der Waals surface area contributed by atoms with Gasteiger partial charge < -0.3 is 9.47 Å². The molecule has 0 aliphatic heterocycles. The SMILES string of the molecule is COc1ccc2c(c1OCc1ccccc1)CCC2=O. The molecule has 0 bridgehead atoms. The van der Waals surface area contributed by atoms with Crippen molar-refractivity contribution < 1.29 is 14.3 Å². The number of Topliss-reactive ketones (excluding diaryl/α,β-unsaturated/α-hetero) is 1. The molecule has 0 atom stereocenters. The van der Waals surface area contributed by atoms with Gasteiger partial charge in [-0.15, -0.1) is 0 Å². The first-order valence-electron chi connectivity index (χ1n) is 6.69. The monoisotopic (exact) mass is 268 g/mol. The Hall–Kier alpha value is -2.29. The largest absolute Gasteiger partial charge is 0.493 e. The number of hydrogen-bond donors (Lipinski definition) is 0. The molecule has 0 radical (unpaired) electrons. The molecule has 0 aromatic heterocycles. The minimum Gasteiger partial charge on any atom is -0.493 e. The lowest BCUT2D eigenvalue weighted by molar-refractivity contribution is 0.0994. The van der Waals surface area contributed by atoms with Crippen LogP contribution in [0.4, 0.5) is 0 Å². The Morgan fingerprint density at radius 2 is 1.85 bits per heavy atom. The van der Waals surface area contributed by atoms with Crippen molar-refractivity contribution in [2.24, 2.45) is 0 Å². The van der Waals surface area contributed by atoms with Crippen LogP contribution in [0.5, 0.6) is 11.5 Å². The second kappa shape index (κ2) is 5.37. The van der Waals surface area contributed by atoms with E-state index in [0.717, 1.165) is 23.1 Å². The molecule has 0 heterocycles. The van der Waals surface area contributed by atoms with E-state index in [-0.39, 0.29) is 5.78 Å². The average Bonchev–Trinajstić information content (AvgIpc) is 2.87. The van der Waals surface area contributed by atoms with Gasteiger partial charge in [-0.05, 0) is 24.1 Å². The highest BCUT2D eigenvalue weighted by Crippen LogP contribution is 2.38. The number of ether oxygens (including phenoxy) is 2. The molecule has 0 unspecified atom stereocenters. The van der Waals surface area contributed by atoms with Crippen molar-refractivity contribution in [3.05, 3.63) is 59.2 Å². The summed E-state index contributed by atoms with van der Waals surface area (Å²) in [4.78, 5) is 11.8. The van der Waals surface area contributed by atoms with Crippen LogP contribution in [0.2, 0.25) is 0 Å². The number of rotatable bonds is 4. The Balaban J connectivity index is 1.90. The molecule has 102 valence electrons. The van der Waals surface area contributed by atoms with Crippen LogP contribution in [0.15, 0.2) is 42.5 Å². The Bertz CT molecular complexity index is 632. The Kier molecular flexibility index (Phi) is 3.42. The molecule has 20 heavy (non-hydrogen) atoms. The van der Waals surface area contributed by atoms with Gasteiger partial charge in [0.1, 0.15) is 6.61 Å². The van der Waals surface area contributed by atoms with E-state index in [4.69, 9.17) is 9.47 Å². The van der Waals surface area contributed by atoms with Crippen LogP contribution in [0.1, 0.15) is 27.9 Å². The van der Waals surface area contributed by atoms with Gasteiger partial charge in [-0.2, -0.15) is 0 Å². The summed E-state index contributed by atoms with van der Waals surface area (Å²) < 4.78 is 11.3. The highest BCUT2D eigenvalue weighted by molar-refractivity contribution is 6.01. The second-order valence-corrected chi connectivity index (χ2v) is 4.82. The maximum atomic E-state index is 11.8. The van der Waals surface area contributed by atoms with Crippen molar-refractivity contribution in [3.63, 3.8) is 0 Å². The summed E-state index contributed by atoms with van der Waals surface area (Å²) in [6, 6.07) is 13.6. The van der Waals surface area contributed by atoms with Crippen molar-refractivity contribution in [2.75, 3.05) is 7.11 Å². The maximum absolute atomic E-state index is 11.8. The van der Waals surface area contributed by atoms with Crippen LogP contribution in [0.3, 0.4) is 0 Å². The van der Waals surface area contributed by atoms with Gasteiger partial charge in [0.05, 0.1) is 7.11 Å². The highest BCUT2D eigenvalue weighted by Gasteiger charge is 2.25. The van der Waals surface area contributed by atoms with E-state index in [9.17, 15) is 4.79 Å². The molecule has 2 aromatic rings. The molecular formula is C17H16O3. The number of hydrogen-bond acceptors (Lipinski definition) is 3. The Morgan fingerprint density at radius 1 is 1.05 bits per heavy atom. The van der Waals surface area contributed by atoms with Crippen LogP contribution >= 0.6 is 0 Å².